The average Bonchev–Trinajstić information content (AvgIpc) is 1.99. The Hall–Kier alpha value is -0.830. The molecule has 0 aliphatic rings. The second kappa shape index (κ2) is 7.28. The summed E-state index contributed by atoms with van der Waals surface area (Å²) in [6.45, 7) is 3.09. The van der Waals surface area contributed by atoms with Crippen molar-refractivity contribution in [2.45, 2.75) is 13.3 Å². The SMILES string of the molecule is C/C=C/CCNC(=O)CNC. The topological polar surface area (TPSA) is 41.1 Å². The van der Waals surface area contributed by atoms with Crippen molar-refractivity contribution < 1.29 is 4.79 Å². The molecule has 64 valence electrons. The number of hydrogen-bond acceptors (Lipinski definition) is 2. The molecule has 11 heavy (non-hydrogen) atoms. The summed E-state index contributed by atoms with van der Waals surface area (Å²) in [4.78, 5) is 10.8. The molecular formula is C8H16N2O. The molecule has 0 unspecified atom stereocenters. The van der Waals surface area contributed by atoms with Crippen molar-refractivity contribution in [1.29, 1.82) is 0 Å². The number of likely N-dealkylation sites (N-methyl/N-ethyl adjacent to an activating group) is 1. The number of amides is 1. The van der Waals surface area contributed by atoms with Crippen LogP contribution in [0.1, 0.15) is 13.3 Å². The first-order chi connectivity index (χ1) is 5.31. The van der Waals surface area contributed by atoms with E-state index in [1.54, 1.807) is 7.05 Å². The van der Waals surface area contributed by atoms with Gasteiger partial charge in [0.25, 0.3) is 0 Å². The molecule has 0 aliphatic heterocycles. The standard InChI is InChI=1S/C8H16N2O/c1-3-4-5-6-10-8(11)7-9-2/h3-4,9H,5-7H2,1-2H3,(H,10,11)/b4-3+. The number of rotatable bonds is 5. The molecule has 0 bridgehead atoms. The van der Waals surface area contributed by atoms with E-state index in [2.05, 4.69) is 10.6 Å². The van der Waals surface area contributed by atoms with E-state index in [4.69, 9.17) is 0 Å². The lowest BCUT2D eigenvalue weighted by molar-refractivity contribution is -0.120. The summed E-state index contributed by atoms with van der Waals surface area (Å²) < 4.78 is 0. The average molecular weight is 156 g/mol. The number of carbonyl (C=O) groups is 1. The molecule has 0 aromatic rings. The first kappa shape index (κ1) is 10.2. The Morgan fingerprint density at radius 2 is 2.27 bits per heavy atom. The summed E-state index contributed by atoms with van der Waals surface area (Å²) in [6, 6.07) is 0. The van der Waals surface area contributed by atoms with Crippen LogP contribution in [-0.4, -0.2) is 26.0 Å². The fraction of sp³-hybridized carbons (Fsp3) is 0.625. The van der Waals surface area contributed by atoms with Gasteiger partial charge >= 0.3 is 0 Å². The second-order valence-electron chi connectivity index (χ2n) is 2.24. The molecule has 1 amide bonds. The number of allylic oxidation sites excluding steroid dienone is 1. The van der Waals surface area contributed by atoms with Gasteiger partial charge in [-0.3, -0.25) is 4.79 Å². The van der Waals surface area contributed by atoms with Crippen molar-refractivity contribution in [3.8, 4) is 0 Å². The fourth-order valence-corrected chi connectivity index (χ4v) is 0.685. The fourth-order valence-electron chi connectivity index (χ4n) is 0.685. The molecule has 2 N–H and O–H groups in total. The van der Waals surface area contributed by atoms with Crippen molar-refractivity contribution in [1.82, 2.24) is 10.6 Å². The van der Waals surface area contributed by atoms with Crippen LogP contribution in [0.2, 0.25) is 0 Å². The van der Waals surface area contributed by atoms with E-state index >= 15 is 0 Å². The van der Waals surface area contributed by atoms with Gasteiger partial charge < -0.3 is 10.6 Å². The van der Waals surface area contributed by atoms with Crippen molar-refractivity contribution in [2.75, 3.05) is 20.1 Å². The van der Waals surface area contributed by atoms with Gasteiger partial charge in [-0.15, -0.1) is 0 Å². The molecule has 0 radical (unpaired) electrons. The van der Waals surface area contributed by atoms with Gasteiger partial charge in [-0.2, -0.15) is 0 Å². The maximum atomic E-state index is 10.8. The van der Waals surface area contributed by atoms with Crippen LogP contribution < -0.4 is 10.6 Å². The largest absolute Gasteiger partial charge is 0.355 e. The third kappa shape index (κ3) is 7.06. The van der Waals surface area contributed by atoms with Crippen LogP contribution in [-0.2, 0) is 4.79 Å². The minimum absolute atomic E-state index is 0.0528. The van der Waals surface area contributed by atoms with Gasteiger partial charge in [0.15, 0.2) is 0 Å². The third-order valence-electron chi connectivity index (χ3n) is 1.21. The molecule has 0 fully saturated rings. The lowest BCUT2D eigenvalue weighted by Gasteiger charge is -2.00. The van der Waals surface area contributed by atoms with E-state index in [9.17, 15) is 4.79 Å². The van der Waals surface area contributed by atoms with Crippen molar-refractivity contribution in [3.63, 3.8) is 0 Å². The lowest BCUT2D eigenvalue weighted by Crippen LogP contribution is -2.32. The summed E-state index contributed by atoms with van der Waals surface area (Å²) >= 11 is 0. The molecule has 0 saturated carbocycles. The summed E-state index contributed by atoms with van der Waals surface area (Å²) in [5, 5.41) is 5.54. The number of nitrogens with one attached hydrogen (secondary N) is 2. The van der Waals surface area contributed by atoms with Gasteiger partial charge in [0.2, 0.25) is 5.91 Å². The van der Waals surface area contributed by atoms with Crippen molar-refractivity contribution >= 4 is 5.91 Å². The Labute approximate surface area is 67.9 Å². The molecular weight excluding hydrogens is 140 g/mol. The highest BCUT2D eigenvalue weighted by atomic mass is 16.1. The molecule has 0 aromatic heterocycles. The maximum Gasteiger partial charge on any atom is 0.233 e. The van der Waals surface area contributed by atoms with E-state index in [1.165, 1.54) is 0 Å². The summed E-state index contributed by atoms with van der Waals surface area (Å²) in [6.07, 6.45) is 4.91. The van der Waals surface area contributed by atoms with Gasteiger partial charge in [-0.1, -0.05) is 12.2 Å². The Morgan fingerprint density at radius 3 is 2.82 bits per heavy atom. The van der Waals surface area contributed by atoms with Crippen LogP contribution in [0.3, 0.4) is 0 Å². The molecule has 3 heteroatoms. The Bertz CT molecular complexity index is 132. The zero-order valence-corrected chi connectivity index (χ0v) is 7.18. The highest BCUT2D eigenvalue weighted by molar-refractivity contribution is 5.77. The molecule has 3 nitrogen and oxygen atoms in total. The first-order valence-electron chi connectivity index (χ1n) is 3.83. The molecule has 0 rings (SSSR count). The van der Waals surface area contributed by atoms with Crippen LogP contribution in [0.15, 0.2) is 12.2 Å². The molecule has 0 saturated heterocycles. The van der Waals surface area contributed by atoms with Gasteiger partial charge in [-0.25, -0.2) is 0 Å². The van der Waals surface area contributed by atoms with Crippen molar-refractivity contribution in [2.24, 2.45) is 0 Å². The highest BCUT2D eigenvalue weighted by Crippen LogP contribution is 1.78. The Morgan fingerprint density at radius 1 is 1.55 bits per heavy atom. The van der Waals surface area contributed by atoms with Gasteiger partial charge in [0.1, 0.15) is 0 Å². The van der Waals surface area contributed by atoms with Crippen LogP contribution in [0, 0.1) is 0 Å². The predicted molar refractivity (Wildman–Crippen MR) is 46.4 cm³/mol. The van der Waals surface area contributed by atoms with Crippen LogP contribution in [0.5, 0.6) is 0 Å². The van der Waals surface area contributed by atoms with Crippen LogP contribution in [0.4, 0.5) is 0 Å². The highest BCUT2D eigenvalue weighted by Gasteiger charge is 1.94. The van der Waals surface area contributed by atoms with E-state index in [1.807, 2.05) is 19.1 Å². The zero-order valence-electron chi connectivity index (χ0n) is 7.18. The minimum Gasteiger partial charge on any atom is -0.355 e. The van der Waals surface area contributed by atoms with E-state index < -0.39 is 0 Å². The lowest BCUT2D eigenvalue weighted by atomic mass is 10.4. The first-order valence-corrected chi connectivity index (χ1v) is 3.83. The van der Waals surface area contributed by atoms with Crippen molar-refractivity contribution in [3.05, 3.63) is 12.2 Å². The van der Waals surface area contributed by atoms with E-state index in [0.717, 1.165) is 13.0 Å². The maximum absolute atomic E-state index is 10.8. The van der Waals surface area contributed by atoms with E-state index in [0.29, 0.717) is 6.54 Å². The summed E-state index contributed by atoms with van der Waals surface area (Å²) in [7, 11) is 1.76. The van der Waals surface area contributed by atoms with Crippen LogP contribution in [0.25, 0.3) is 0 Å². The third-order valence-corrected chi connectivity index (χ3v) is 1.21. The monoisotopic (exact) mass is 156 g/mol. The molecule has 0 aliphatic carbocycles. The quantitative estimate of drug-likeness (QED) is 0.443. The summed E-state index contributed by atoms with van der Waals surface area (Å²) in [5.41, 5.74) is 0. The Kier molecular flexibility index (Phi) is 6.73. The molecule has 0 spiro atoms. The second-order valence-corrected chi connectivity index (χ2v) is 2.24. The van der Waals surface area contributed by atoms with Gasteiger partial charge in [-0.05, 0) is 20.4 Å². The smallest absolute Gasteiger partial charge is 0.233 e. The zero-order chi connectivity index (χ0) is 8.53. The number of carbonyl (C=O) groups excluding carboxylic acids is 1. The van der Waals surface area contributed by atoms with Gasteiger partial charge in [0, 0.05) is 6.54 Å². The molecule has 0 aromatic carbocycles. The molecule has 0 atom stereocenters. The minimum atomic E-state index is 0.0528. The molecule has 0 heterocycles. The summed E-state index contributed by atoms with van der Waals surface area (Å²) in [5.74, 6) is 0.0528. The Balaban J connectivity index is 3.17. The van der Waals surface area contributed by atoms with Crippen LogP contribution >= 0.6 is 0 Å². The predicted octanol–water partition coefficient (Wildman–Crippen LogP) is 0.288. The number of hydrogen-bond donors (Lipinski definition) is 2. The van der Waals surface area contributed by atoms with Gasteiger partial charge in [0.05, 0.1) is 6.54 Å². The normalized spacial score (nSPS) is 10.4. The van der Waals surface area contributed by atoms with E-state index in [-0.39, 0.29) is 5.91 Å².